The van der Waals surface area contributed by atoms with Crippen molar-refractivity contribution in [1.82, 2.24) is 20.3 Å². The van der Waals surface area contributed by atoms with E-state index in [9.17, 15) is 4.79 Å². The molecule has 0 bridgehead atoms. The van der Waals surface area contributed by atoms with Crippen LogP contribution in [0.15, 0.2) is 36.7 Å². The van der Waals surface area contributed by atoms with Gasteiger partial charge in [0.2, 0.25) is 11.9 Å². The number of carbonyl (C=O) groups excluding carboxylic acids is 1. The summed E-state index contributed by atoms with van der Waals surface area (Å²) in [5, 5.41) is 6.03. The second-order valence-electron chi connectivity index (χ2n) is 6.37. The number of nitrogens with two attached hydrogens (primary N) is 1. The van der Waals surface area contributed by atoms with Crippen LogP contribution in [0.4, 0.5) is 11.8 Å². The first-order valence-electron chi connectivity index (χ1n) is 8.72. The van der Waals surface area contributed by atoms with Gasteiger partial charge in [0, 0.05) is 30.6 Å². The van der Waals surface area contributed by atoms with Crippen molar-refractivity contribution in [3.05, 3.63) is 42.4 Å². The topological polar surface area (TPSA) is 106 Å². The van der Waals surface area contributed by atoms with Crippen LogP contribution in [-0.2, 0) is 4.79 Å². The van der Waals surface area contributed by atoms with Crippen molar-refractivity contribution in [3.8, 4) is 0 Å². The predicted molar refractivity (Wildman–Crippen MR) is 96.3 cm³/mol. The van der Waals surface area contributed by atoms with Crippen molar-refractivity contribution in [2.24, 2.45) is 11.7 Å². The second-order valence-corrected chi connectivity index (χ2v) is 6.37. The van der Waals surface area contributed by atoms with Crippen LogP contribution in [-0.4, -0.2) is 33.9 Å². The number of hydrogen-bond donors (Lipinski definition) is 3. The summed E-state index contributed by atoms with van der Waals surface area (Å²) in [6.07, 6.45) is 7.84. The lowest BCUT2D eigenvalue weighted by Crippen LogP contribution is -2.35. The van der Waals surface area contributed by atoms with E-state index in [4.69, 9.17) is 5.73 Å². The molecular weight excluding hydrogens is 316 g/mol. The third-order valence-electron chi connectivity index (χ3n) is 4.62. The number of aromatic nitrogens is 3. The molecule has 7 heteroatoms. The van der Waals surface area contributed by atoms with Crippen molar-refractivity contribution in [1.29, 1.82) is 0 Å². The monoisotopic (exact) mass is 340 g/mol. The van der Waals surface area contributed by atoms with Gasteiger partial charge < -0.3 is 16.4 Å². The van der Waals surface area contributed by atoms with Crippen LogP contribution in [0.1, 0.15) is 37.3 Å². The van der Waals surface area contributed by atoms with Crippen molar-refractivity contribution in [2.75, 3.05) is 18.4 Å². The van der Waals surface area contributed by atoms with Gasteiger partial charge in [0.1, 0.15) is 5.82 Å². The lowest BCUT2D eigenvalue weighted by atomic mass is 9.80. The van der Waals surface area contributed by atoms with Crippen molar-refractivity contribution in [3.63, 3.8) is 0 Å². The van der Waals surface area contributed by atoms with E-state index in [2.05, 4.69) is 25.6 Å². The zero-order chi connectivity index (χ0) is 17.5. The maximum atomic E-state index is 11.3. The number of hydrogen-bond acceptors (Lipinski definition) is 6. The van der Waals surface area contributed by atoms with Crippen molar-refractivity contribution < 1.29 is 4.79 Å². The van der Waals surface area contributed by atoms with Gasteiger partial charge in [-0.05, 0) is 49.8 Å². The molecule has 4 N–H and O–H groups in total. The highest BCUT2D eigenvalue weighted by molar-refractivity contribution is 5.77. The molecule has 132 valence electrons. The molecule has 2 heterocycles. The Bertz CT molecular complexity index is 685. The molecule has 1 saturated carbocycles. The summed E-state index contributed by atoms with van der Waals surface area (Å²) >= 11 is 0. The number of anilines is 2. The van der Waals surface area contributed by atoms with E-state index in [0.29, 0.717) is 17.8 Å². The largest absolute Gasteiger partial charge is 0.355 e. The first kappa shape index (κ1) is 17.3. The Morgan fingerprint density at radius 3 is 2.68 bits per heavy atom. The van der Waals surface area contributed by atoms with Gasteiger partial charge in [-0.1, -0.05) is 6.07 Å². The Hall–Kier alpha value is -2.54. The minimum absolute atomic E-state index is 0.0579. The van der Waals surface area contributed by atoms with Crippen LogP contribution in [0.3, 0.4) is 0 Å². The second kappa shape index (κ2) is 8.53. The smallest absolute Gasteiger partial charge is 0.233 e. The molecule has 1 fully saturated rings. The molecule has 0 saturated heterocycles. The summed E-state index contributed by atoms with van der Waals surface area (Å²) in [5.74, 6) is 2.20. The molecule has 0 unspecified atom stereocenters. The average Bonchev–Trinajstić information content (AvgIpc) is 2.67. The maximum Gasteiger partial charge on any atom is 0.233 e. The van der Waals surface area contributed by atoms with Crippen molar-refractivity contribution in [2.45, 2.75) is 31.6 Å². The van der Waals surface area contributed by atoms with Crippen molar-refractivity contribution >= 4 is 17.7 Å². The normalized spacial score (nSPS) is 20.0. The fourth-order valence-electron chi connectivity index (χ4n) is 3.20. The summed E-state index contributed by atoms with van der Waals surface area (Å²) in [5.41, 5.74) is 6.39. The van der Waals surface area contributed by atoms with Gasteiger partial charge in [-0.2, -0.15) is 0 Å². The first-order chi connectivity index (χ1) is 12.2. The highest BCUT2D eigenvalue weighted by atomic mass is 16.1. The average molecular weight is 340 g/mol. The molecular formula is C18H24N6O. The van der Waals surface area contributed by atoms with E-state index in [1.54, 1.807) is 12.4 Å². The Kier molecular flexibility index (Phi) is 5.90. The van der Waals surface area contributed by atoms with Crippen LogP contribution >= 0.6 is 0 Å². The van der Waals surface area contributed by atoms with Gasteiger partial charge in [0.05, 0.1) is 6.54 Å². The summed E-state index contributed by atoms with van der Waals surface area (Å²) in [6.45, 7) is 0.779. The predicted octanol–water partition coefficient (Wildman–Crippen LogP) is 1.96. The summed E-state index contributed by atoms with van der Waals surface area (Å²) in [6, 6.07) is 7.67. The standard InChI is InChI=1S/C18H24N6O/c19-11-17(25)22-12-13-4-6-14(7-5-13)15-8-10-21-18(23-15)24-16-3-1-2-9-20-16/h1-3,8-10,13-14H,4-7,11-12,19H2,(H,22,25)(H,20,21,23,24). The van der Waals surface area contributed by atoms with E-state index in [1.807, 2.05) is 24.3 Å². The van der Waals surface area contributed by atoms with E-state index >= 15 is 0 Å². The minimum atomic E-state index is -0.0804. The fraction of sp³-hybridized carbons (Fsp3) is 0.444. The molecule has 2 aromatic rings. The van der Waals surface area contributed by atoms with Gasteiger partial charge in [-0.15, -0.1) is 0 Å². The maximum absolute atomic E-state index is 11.3. The molecule has 1 aliphatic carbocycles. The van der Waals surface area contributed by atoms with Crippen LogP contribution in [0.2, 0.25) is 0 Å². The molecule has 1 aliphatic rings. The van der Waals surface area contributed by atoms with E-state index in [-0.39, 0.29) is 12.5 Å². The Labute approximate surface area is 147 Å². The van der Waals surface area contributed by atoms with E-state index in [0.717, 1.165) is 43.7 Å². The summed E-state index contributed by atoms with van der Waals surface area (Å²) < 4.78 is 0. The first-order valence-corrected chi connectivity index (χ1v) is 8.72. The zero-order valence-electron chi connectivity index (χ0n) is 14.2. The fourth-order valence-corrected chi connectivity index (χ4v) is 3.20. The lowest BCUT2D eigenvalue weighted by molar-refractivity contribution is -0.119. The van der Waals surface area contributed by atoms with Crippen LogP contribution < -0.4 is 16.4 Å². The van der Waals surface area contributed by atoms with E-state index in [1.165, 1.54) is 0 Å². The molecule has 7 nitrogen and oxygen atoms in total. The molecule has 0 aliphatic heterocycles. The SMILES string of the molecule is NCC(=O)NCC1CCC(c2ccnc(Nc3ccccn3)n2)CC1. The Morgan fingerprint density at radius 1 is 1.12 bits per heavy atom. The molecule has 0 radical (unpaired) electrons. The lowest BCUT2D eigenvalue weighted by Gasteiger charge is -2.28. The number of amides is 1. The molecule has 1 amide bonds. The van der Waals surface area contributed by atoms with Crippen LogP contribution in [0.5, 0.6) is 0 Å². The van der Waals surface area contributed by atoms with Gasteiger partial charge in [-0.3, -0.25) is 4.79 Å². The third-order valence-corrected chi connectivity index (χ3v) is 4.62. The number of pyridine rings is 1. The zero-order valence-corrected chi connectivity index (χ0v) is 14.2. The quantitative estimate of drug-likeness (QED) is 0.742. The molecule has 2 aromatic heterocycles. The molecule has 0 spiro atoms. The van der Waals surface area contributed by atoms with Gasteiger partial charge >= 0.3 is 0 Å². The van der Waals surface area contributed by atoms with E-state index < -0.39 is 0 Å². The highest BCUT2D eigenvalue weighted by Crippen LogP contribution is 2.34. The van der Waals surface area contributed by atoms with Crippen LogP contribution in [0.25, 0.3) is 0 Å². The molecule has 0 atom stereocenters. The third kappa shape index (κ3) is 4.96. The van der Waals surface area contributed by atoms with Gasteiger partial charge in [0.15, 0.2) is 0 Å². The number of rotatable bonds is 6. The Balaban J connectivity index is 1.55. The highest BCUT2D eigenvalue weighted by Gasteiger charge is 2.23. The minimum Gasteiger partial charge on any atom is -0.355 e. The summed E-state index contributed by atoms with van der Waals surface area (Å²) in [4.78, 5) is 24.4. The van der Waals surface area contributed by atoms with Gasteiger partial charge in [0.25, 0.3) is 0 Å². The van der Waals surface area contributed by atoms with Crippen LogP contribution in [0, 0.1) is 5.92 Å². The molecule has 25 heavy (non-hydrogen) atoms. The number of nitrogens with one attached hydrogen (secondary N) is 2. The molecule has 0 aromatic carbocycles. The number of nitrogens with zero attached hydrogens (tertiary/aromatic N) is 3. The Morgan fingerprint density at radius 2 is 1.96 bits per heavy atom. The van der Waals surface area contributed by atoms with Gasteiger partial charge in [-0.25, -0.2) is 15.0 Å². The molecule has 3 rings (SSSR count). The number of carbonyl (C=O) groups is 1. The summed E-state index contributed by atoms with van der Waals surface area (Å²) in [7, 11) is 0.